The Hall–Kier alpha value is -2.47. The molecule has 0 spiro atoms. The minimum Gasteiger partial charge on any atom is -0.492 e. The first-order valence-corrected chi connectivity index (χ1v) is 15.7. The molecule has 2 fully saturated rings. The van der Waals surface area contributed by atoms with Crippen molar-refractivity contribution < 1.29 is 26.4 Å². The molecule has 0 aromatic heterocycles. The normalized spacial score (nSPS) is 18.1. The van der Waals surface area contributed by atoms with Gasteiger partial charge >= 0.3 is 0 Å². The minimum atomic E-state index is -3.46. The summed E-state index contributed by atoms with van der Waals surface area (Å²) in [6.45, 7) is 4.28. The number of sulfonamides is 2. The third kappa shape index (κ3) is 7.10. The molecule has 2 saturated heterocycles. The number of nitrogens with zero attached hydrogens (tertiary/aromatic N) is 2. The Morgan fingerprint density at radius 3 is 2.14 bits per heavy atom. The average Bonchev–Trinajstić information content (AvgIpc) is 3.44. The van der Waals surface area contributed by atoms with E-state index < -0.39 is 20.0 Å². The van der Waals surface area contributed by atoms with Crippen LogP contribution in [0, 0.1) is 12.8 Å². The van der Waals surface area contributed by atoms with Gasteiger partial charge in [0.1, 0.15) is 12.4 Å². The molecular weight excluding hydrogens is 514 g/mol. The van der Waals surface area contributed by atoms with Gasteiger partial charge in [-0.2, -0.15) is 4.31 Å². The molecule has 11 heteroatoms. The van der Waals surface area contributed by atoms with Gasteiger partial charge in [0.2, 0.25) is 26.0 Å². The zero-order chi connectivity index (χ0) is 26.5. The van der Waals surface area contributed by atoms with Crippen LogP contribution in [0.4, 0.5) is 0 Å². The van der Waals surface area contributed by atoms with Crippen molar-refractivity contribution in [1.29, 1.82) is 0 Å². The molecule has 4 rings (SSSR count). The van der Waals surface area contributed by atoms with E-state index in [1.165, 1.54) is 8.61 Å². The molecule has 0 bridgehead atoms. The monoisotopic (exact) mass is 549 g/mol. The van der Waals surface area contributed by atoms with E-state index in [-0.39, 0.29) is 29.1 Å². The van der Waals surface area contributed by atoms with E-state index in [4.69, 9.17) is 4.74 Å². The molecule has 0 aliphatic carbocycles. The number of amides is 1. The number of benzene rings is 2. The fourth-order valence-electron chi connectivity index (χ4n) is 4.66. The lowest BCUT2D eigenvalue weighted by atomic mass is 9.97. The fraction of sp³-hybridized carbons (Fsp3) is 0.500. The number of hydrogen-bond donors (Lipinski definition) is 1. The highest BCUT2D eigenvalue weighted by Crippen LogP contribution is 2.24. The summed E-state index contributed by atoms with van der Waals surface area (Å²) in [6, 6.07) is 13.8. The van der Waals surface area contributed by atoms with Gasteiger partial charge < -0.3 is 10.1 Å². The largest absolute Gasteiger partial charge is 0.492 e. The molecule has 2 aromatic rings. The van der Waals surface area contributed by atoms with Gasteiger partial charge in [0.25, 0.3) is 0 Å². The first-order valence-electron chi connectivity index (χ1n) is 12.7. The molecule has 0 atom stereocenters. The Bertz CT molecular complexity index is 1260. The van der Waals surface area contributed by atoms with Crippen molar-refractivity contribution in [2.24, 2.45) is 5.92 Å². The van der Waals surface area contributed by atoms with Gasteiger partial charge in [0.15, 0.2) is 0 Å². The molecule has 2 heterocycles. The minimum absolute atomic E-state index is 0.0351. The van der Waals surface area contributed by atoms with E-state index >= 15 is 0 Å². The van der Waals surface area contributed by atoms with E-state index in [2.05, 4.69) is 5.32 Å². The van der Waals surface area contributed by atoms with Gasteiger partial charge in [-0.1, -0.05) is 29.8 Å². The summed E-state index contributed by atoms with van der Waals surface area (Å²) < 4.78 is 59.4. The Morgan fingerprint density at radius 1 is 0.892 bits per heavy atom. The topological polar surface area (TPSA) is 113 Å². The smallest absolute Gasteiger partial charge is 0.243 e. The van der Waals surface area contributed by atoms with Crippen molar-refractivity contribution in [3.63, 3.8) is 0 Å². The van der Waals surface area contributed by atoms with Gasteiger partial charge in [0, 0.05) is 32.1 Å². The molecule has 9 nitrogen and oxygen atoms in total. The molecular formula is C26H35N3O6S2. The van der Waals surface area contributed by atoms with Gasteiger partial charge in [-0.05, 0) is 62.4 Å². The lowest BCUT2D eigenvalue weighted by Crippen LogP contribution is -2.43. The summed E-state index contributed by atoms with van der Waals surface area (Å²) in [5, 5.41) is 2.86. The summed E-state index contributed by atoms with van der Waals surface area (Å²) in [5.41, 5.74) is 1.84. The third-order valence-corrected chi connectivity index (χ3v) is 10.6. The van der Waals surface area contributed by atoms with Crippen LogP contribution in [0.25, 0.3) is 0 Å². The number of carbonyl (C=O) groups excluding carboxylic acids is 1. The van der Waals surface area contributed by atoms with Crippen LogP contribution in [0.1, 0.15) is 36.8 Å². The van der Waals surface area contributed by atoms with Crippen LogP contribution < -0.4 is 10.1 Å². The SMILES string of the molecule is Cc1ccc(CS(=O)(=O)N2CCC(C(=O)NCCOc3ccc(S(=O)(=O)N4CCCC4)cc3)CC2)cc1. The second-order valence-electron chi connectivity index (χ2n) is 9.64. The zero-order valence-electron chi connectivity index (χ0n) is 21.1. The second kappa shape index (κ2) is 11.9. The van der Waals surface area contributed by atoms with E-state index in [1.807, 2.05) is 31.2 Å². The molecule has 37 heavy (non-hydrogen) atoms. The van der Waals surface area contributed by atoms with Gasteiger partial charge in [-0.15, -0.1) is 0 Å². The second-order valence-corrected chi connectivity index (χ2v) is 13.5. The summed E-state index contributed by atoms with van der Waals surface area (Å²) in [6.07, 6.45) is 2.73. The van der Waals surface area contributed by atoms with E-state index in [1.54, 1.807) is 24.3 Å². The highest BCUT2D eigenvalue weighted by Gasteiger charge is 2.31. The lowest BCUT2D eigenvalue weighted by Gasteiger charge is -2.30. The lowest BCUT2D eigenvalue weighted by molar-refractivity contribution is -0.126. The van der Waals surface area contributed by atoms with Crippen LogP contribution in [0.5, 0.6) is 5.75 Å². The van der Waals surface area contributed by atoms with E-state index in [9.17, 15) is 21.6 Å². The highest BCUT2D eigenvalue weighted by atomic mass is 32.2. The van der Waals surface area contributed by atoms with Crippen LogP contribution in [0.3, 0.4) is 0 Å². The van der Waals surface area contributed by atoms with Crippen molar-refractivity contribution in [2.45, 2.75) is 43.3 Å². The maximum absolute atomic E-state index is 12.8. The van der Waals surface area contributed by atoms with Crippen molar-refractivity contribution >= 4 is 26.0 Å². The number of rotatable bonds is 10. The molecule has 202 valence electrons. The molecule has 0 radical (unpaired) electrons. The van der Waals surface area contributed by atoms with Crippen molar-refractivity contribution in [2.75, 3.05) is 39.3 Å². The van der Waals surface area contributed by atoms with Crippen LogP contribution in [0.2, 0.25) is 0 Å². The van der Waals surface area contributed by atoms with Crippen molar-refractivity contribution in [3.8, 4) is 5.75 Å². The van der Waals surface area contributed by atoms with E-state index in [0.29, 0.717) is 51.3 Å². The van der Waals surface area contributed by atoms with Crippen LogP contribution in [-0.4, -0.2) is 70.7 Å². The predicted molar refractivity (Wildman–Crippen MR) is 141 cm³/mol. The number of hydrogen-bond acceptors (Lipinski definition) is 6. The summed E-state index contributed by atoms with van der Waals surface area (Å²) in [5.74, 6) is 0.154. The van der Waals surface area contributed by atoms with Crippen LogP contribution >= 0.6 is 0 Å². The van der Waals surface area contributed by atoms with Crippen LogP contribution in [-0.2, 0) is 30.6 Å². The first-order chi connectivity index (χ1) is 17.6. The first kappa shape index (κ1) is 27.6. The molecule has 2 aliphatic rings. The Morgan fingerprint density at radius 2 is 1.51 bits per heavy atom. The van der Waals surface area contributed by atoms with Crippen molar-refractivity contribution in [1.82, 2.24) is 13.9 Å². The third-order valence-electron chi connectivity index (χ3n) is 6.88. The predicted octanol–water partition coefficient (Wildman–Crippen LogP) is 2.52. The quantitative estimate of drug-likeness (QED) is 0.456. The maximum atomic E-state index is 12.8. The molecule has 2 aromatic carbocycles. The molecule has 1 amide bonds. The molecule has 0 saturated carbocycles. The number of piperidine rings is 1. The maximum Gasteiger partial charge on any atom is 0.243 e. The molecule has 2 aliphatic heterocycles. The average molecular weight is 550 g/mol. The van der Waals surface area contributed by atoms with Crippen molar-refractivity contribution in [3.05, 3.63) is 59.7 Å². The Balaban J connectivity index is 1.17. The van der Waals surface area contributed by atoms with Gasteiger partial charge in [0.05, 0.1) is 17.2 Å². The highest BCUT2D eigenvalue weighted by molar-refractivity contribution is 7.89. The van der Waals surface area contributed by atoms with Gasteiger partial charge in [-0.25, -0.2) is 21.1 Å². The molecule has 0 unspecified atom stereocenters. The number of aryl methyl sites for hydroxylation is 1. The summed E-state index contributed by atoms with van der Waals surface area (Å²) >= 11 is 0. The van der Waals surface area contributed by atoms with Gasteiger partial charge in [-0.3, -0.25) is 4.79 Å². The molecule has 1 N–H and O–H groups in total. The van der Waals surface area contributed by atoms with Crippen LogP contribution in [0.15, 0.2) is 53.4 Å². The standard InChI is InChI=1S/C26H35N3O6S2/c1-21-4-6-22(7-5-21)20-36(31,32)28-17-12-23(13-18-28)26(30)27-14-19-35-24-8-10-25(11-9-24)37(33,34)29-15-2-3-16-29/h4-11,23H,2-3,12-20H2,1H3,(H,27,30). The summed E-state index contributed by atoms with van der Waals surface area (Å²) in [7, 11) is -6.88. The summed E-state index contributed by atoms with van der Waals surface area (Å²) in [4.78, 5) is 12.8. The number of ether oxygens (including phenoxy) is 1. The Kier molecular flexibility index (Phi) is 8.89. The zero-order valence-corrected chi connectivity index (χ0v) is 22.8. The fourth-order valence-corrected chi connectivity index (χ4v) is 7.74. The number of nitrogens with one attached hydrogen (secondary N) is 1. The number of carbonyl (C=O) groups is 1. The van der Waals surface area contributed by atoms with E-state index in [0.717, 1.165) is 24.0 Å². The Labute approximate surface area is 219 Å².